The number of nitrogens with zero attached hydrogens (tertiary/aromatic N) is 2. The van der Waals surface area contributed by atoms with Gasteiger partial charge in [-0.15, -0.1) is 0 Å². The first-order valence-corrected chi connectivity index (χ1v) is 12.1. The third-order valence-electron chi connectivity index (χ3n) is 7.04. The SMILES string of the molecule is CC(C)(c1ccc(OCc2ccnc(C(O)C3CC3)n2)cc1)c1ccc(OC2CC(N)C2)cc1. The second kappa shape index (κ2) is 9.35. The van der Waals surface area contributed by atoms with Gasteiger partial charge in [-0.05, 0) is 73.1 Å². The summed E-state index contributed by atoms with van der Waals surface area (Å²) in [7, 11) is 0. The summed E-state index contributed by atoms with van der Waals surface area (Å²) in [6.45, 7) is 4.78. The third-order valence-corrected chi connectivity index (χ3v) is 7.04. The summed E-state index contributed by atoms with van der Waals surface area (Å²) < 4.78 is 11.9. The van der Waals surface area contributed by atoms with Crippen molar-refractivity contribution in [2.75, 3.05) is 0 Å². The van der Waals surface area contributed by atoms with Gasteiger partial charge >= 0.3 is 0 Å². The van der Waals surface area contributed by atoms with Crippen molar-refractivity contribution in [1.29, 1.82) is 0 Å². The van der Waals surface area contributed by atoms with Gasteiger partial charge < -0.3 is 20.3 Å². The van der Waals surface area contributed by atoms with E-state index in [1.807, 2.05) is 18.2 Å². The van der Waals surface area contributed by atoms with Gasteiger partial charge in [0.25, 0.3) is 0 Å². The largest absolute Gasteiger partial charge is 0.490 e. The van der Waals surface area contributed by atoms with Crippen molar-refractivity contribution in [3.8, 4) is 11.5 Å². The van der Waals surface area contributed by atoms with Gasteiger partial charge in [0.2, 0.25) is 0 Å². The van der Waals surface area contributed by atoms with Crippen LogP contribution in [0, 0.1) is 5.92 Å². The number of hydrogen-bond acceptors (Lipinski definition) is 6. The molecule has 3 aromatic rings. The second-order valence-electron chi connectivity index (χ2n) is 10.1. The maximum atomic E-state index is 10.3. The highest BCUT2D eigenvalue weighted by Gasteiger charge is 2.32. The minimum Gasteiger partial charge on any atom is -0.490 e. The van der Waals surface area contributed by atoms with Crippen molar-refractivity contribution < 1.29 is 14.6 Å². The second-order valence-corrected chi connectivity index (χ2v) is 10.1. The summed E-state index contributed by atoms with van der Waals surface area (Å²) in [6.07, 6.45) is 5.32. The Labute approximate surface area is 201 Å². The molecule has 0 bridgehead atoms. The maximum Gasteiger partial charge on any atom is 0.157 e. The minimum atomic E-state index is -0.571. The van der Waals surface area contributed by atoms with Crippen molar-refractivity contribution in [1.82, 2.24) is 9.97 Å². The molecule has 1 aromatic heterocycles. The van der Waals surface area contributed by atoms with E-state index in [4.69, 9.17) is 15.2 Å². The van der Waals surface area contributed by atoms with Crippen LogP contribution < -0.4 is 15.2 Å². The fourth-order valence-corrected chi connectivity index (χ4v) is 4.40. The molecule has 2 aliphatic rings. The van der Waals surface area contributed by atoms with E-state index in [1.165, 1.54) is 11.1 Å². The zero-order valence-electron chi connectivity index (χ0n) is 19.9. The van der Waals surface area contributed by atoms with Crippen LogP contribution in [0.2, 0.25) is 0 Å². The highest BCUT2D eigenvalue weighted by atomic mass is 16.5. The van der Waals surface area contributed by atoms with Crippen molar-refractivity contribution in [2.24, 2.45) is 11.7 Å². The highest BCUT2D eigenvalue weighted by molar-refractivity contribution is 5.42. The quantitative estimate of drug-likeness (QED) is 0.482. The van der Waals surface area contributed by atoms with Gasteiger partial charge in [-0.25, -0.2) is 9.97 Å². The number of nitrogens with two attached hydrogens (primary N) is 1. The minimum absolute atomic E-state index is 0.156. The Balaban J connectivity index is 1.20. The summed E-state index contributed by atoms with van der Waals surface area (Å²) in [5.74, 6) is 2.48. The lowest BCUT2D eigenvalue weighted by Crippen LogP contribution is -2.43. The Morgan fingerprint density at radius 1 is 0.971 bits per heavy atom. The molecule has 5 rings (SSSR count). The van der Waals surface area contributed by atoms with Crippen LogP contribution in [0.4, 0.5) is 0 Å². The van der Waals surface area contributed by atoms with Gasteiger partial charge in [-0.3, -0.25) is 0 Å². The molecule has 0 spiro atoms. The average Bonchev–Trinajstić information content (AvgIpc) is 3.68. The first-order chi connectivity index (χ1) is 16.4. The lowest BCUT2D eigenvalue weighted by molar-refractivity contribution is 0.101. The molecule has 3 N–H and O–H groups in total. The number of ether oxygens (including phenoxy) is 2. The van der Waals surface area contributed by atoms with E-state index in [0.717, 1.165) is 42.9 Å². The molecule has 0 radical (unpaired) electrons. The van der Waals surface area contributed by atoms with Crippen molar-refractivity contribution in [3.05, 3.63) is 83.4 Å². The van der Waals surface area contributed by atoms with E-state index in [1.54, 1.807) is 6.20 Å². The topological polar surface area (TPSA) is 90.5 Å². The molecular formula is C28H33N3O3. The predicted octanol–water partition coefficient (Wildman–Crippen LogP) is 4.69. The van der Waals surface area contributed by atoms with E-state index in [-0.39, 0.29) is 17.6 Å². The van der Waals surface area contributed by atoms with Crippen LogP contribution in [0.25, 0.3) is 0 Å². The standard InChI is InChI=1S/C28H33N3O3/c1-28(2,20-7-11-24(12-8-20)34-25-15-21(29)16-25)19-5-9-23(10-6-19)33-17-22-13-14-30-27(31-22)26(32)18-3-4-18/h5-14,18,21,25-26,32H,3-4,15-17,29H2,1-2H3. The number of hydrogen-bond donors (Lipinski definition) is 2. The third kappa shape index (κ3) is 5.08. The van der Waals surface area contributed by atoms with Crippen LogP contribution in [0.15, 0.2) is 60.8 Å². The molecule has 34 heavy (non-hydrogen) atoms. The lowest BCUT2D eigenvalue weighted by Gasteiger charge is -2.33. The molecule has 6 nitrogen and oxygen atoms in total. The Hall–Kier alpha value is -2.96. The number of aliphatic hydroxyl groups excluding tert-OH is 1. The Morgan fingerprint density at radius 3 is 2.18 bits per heavy atom. The monoisotopic (exact) mass is 459 g/mol. The number of aliphatic hydroxyl groups is 1. The van der Waals surface area contributed by atoms with E-state index in [2.05, 4.69) is 60.2 Å². The van der Waals surface area contributed by atoms with Crippen LogP contribution in [0.3, 0.4) is 0 Å². The number of benzene rings is 2. The average molecular weight is 460 g/mol. The Kier molecular flexibility index (Phi) is 6.28. The first kappa shape index (κ1) is 22.8. The molecule has 2 saturated carbocycles. The normalized spacial score (nSPS) is 20.9. The van der Waals surface area contributed by atoms with E-state index >= 15 is 0 Å². The molecule has 0 aliphatic heterocycles. The van der Waals surface area contributed by atoms with Gasteiger partial charge in [-0.1, -0.05) is 38.1 Å². The summed E-state index contributed by atoms with van der Waals surface area (Å²) in [6, 6.07) is 18.7. The summed E-state index contributed by atoms with van der Waals surface area (Å²) in [5.41, 5.74) is 8.89. The smallest absolute Gasteiger partial charge is 0.157 e. The van der Waals surface area contributed by atoms with Crippen LogP contribution >= 0.6 is 0 Å². The van der Waals surface area contributed by atoms with Crippen molar-refractivity contribution >= 4 is 0 Å². The molecule has 1 atom stereocenters. The van der Waals surface area contributed by atoms with Gasteiger partial charge in [0, 0.05) is 17.7 Å². The fraction of sp³-hybridized carbons (Fsp3) is 0.429. The Bertz CT molecular complexity index is 1100. The number of aromatic nitrogens is 2. The molecule has 0 amide bonds. The van der Waals surface area contributed by atoms with Crippen molar-refractivity contribution in [3.63, 3.8) is 0 Å². The van der Waals surface area contributed by atoms with Crippen molar-refractivity contribution in [2.45, 2.75) is 69.8 Å². The zero-order chi connectivity index (χ0) is 23.7. The molecule has 2 aromatic carbocycles. The molecule has 2 fully saturated rings. The molecular weight excluding hydrogens is 426 g/mol. The van der Waals surface area contributed by atoms with Crippen LogP contribution in [-0.4, -0.2) is 27.2 Å². The van der Waals surface area contributed by atoms with Crippen LogP contribution in [-0.2, 0) is 12.0 Å². The summed E-state index contributed by atoms with van der Waals surface area (Å²) in [4.78, 5) is 8.70. The molecule has 1 heterocycles. The molecule has 6 heteroatoms. The first-order valence-electron chi connectivity index (χ1n) is 12.1. The maximum absolute atomic E-state index is 10.3. The van der Waals surface area contributed by atoms with Crippen LogP contribution in [0.1, 0.15) is 68.3 Å². The van der Waals surface area contributed by atoms with E-state index in [0.29, 0.717) is 18.3 Å². The fourth-order valence-electron chi connectivity index (χ4n) is 4.40. The molecule has 0 saturated heterocycles. The molecule has 178 valence electrons. The van der Waals surface area contributed by atoms with Gasteiger partial charge in [0.05, 0.1) is 5.69 Å². The predicted molar refractivity (Wildman–Crippen MR) is 131 cm³/mol. The molecule has 1 unspecified atom stereocenters. The highest BCUT2D eigenvalue weighted by Crippen LogP contribution is 2.39. The Morgan fingerprint density at radius 2 is 1.59 bits per heavy atom. The van der Waals surface area contributed by atoms with Gasteiger partial charge in [-0.2, -0.15) is 0 Å². The summed E-state index contributed by atoms with van der Waals surface area (Å²) >= 11 is 0. The van der Waals surface area contributed by atoms with Gasteiger partial charge in [0.1, 0.15) is 30.3 Å². The molecule has 2 aliphatic carbocycles. The number of rotatable bonds is 9. The zero-order valence-corrected chi connectivity index (χ0v) is 19.9. The summed E-state index contributed by atoms with van der Waals surface area (Å²) in [5, 5.41) is 10.3. The van der Waals surface area contributed by atoms with E-state index in [9.17, 15) is 5.11 Å². The lowest BCUT2D eigenvalue weighted by atomic mass is 9.78. The van der Waals surface area contributed by atoms with E-state index < -0.39 is 6.10 Å². The van der Waals surface area contributed by atoms with Gasteiger partial charge in [0.15, 0.2) is 5.82 Å². The van der Waals surface area contributed by atoms with Crippen LogP contribution in [0.5, 0.6) is 11.5 Å².